The van der Waals surface area contributed by atoms with E-state index < -0.39 is 23.7 Å². The maximum Gasteiger partial charge on any atom is 0.459 e. The summed E-state index contributed by atoms with van der Waals surface area (Å²) in [5.41, 5.74) is -0.605. The first-order valence-electron chi connectivity index (χ1n) is 10.5. The normalized spacial score (nSPS) is 17.0. The van der Waals surface area contributed by atoms with Crippen molar-refractivity contribution < 1.29 is 26.7 Å². The molecule has 182 valence electrons. The number of carbonyl (C=O) groups is 1. The summed E-state index contributed by atoms with van der Waals surface area (Å²) in [6, 6.07) is 4.68. The van der Waals surface area contributed by atoms with Crippen molar-refractivity contribution in [3.63, 3.8) is 0 Å². The standard InChI is InChI=1S/C22H21ClF5N5O/c1-33-19(17(11-2-3-11)18(32-33)21(24,25)22(26,27)28)30-10-13(9-29)12-4-7-16(23)15(8-12)20(34)31-14-5-6-14/h4,7-11,14,29-30H,2-3,5-6H2,1H3,(H,31,34)/b13-10+,29-9?. The maximum absolute atomic E-state index is 14.2. The van der Waals surface area contributed by atoms with Crippen LogP contribution in [0.5, 0.6) is 0 Å². The van der Waals surface area contributed by atoms with Gasteiger partial charge in [0.15, 0.2) is 0 Å². The van der Waals surface area contributed by atoms with E-state index in [2.05, 4.69) is 15.7 Å². The molecule has 0 aliphatic heterocycles. The van der Waals surface area contributed by atoms with E-state index in [1.807, 2.05) is 0 Å². The van der Waals surface area contributed by atoms with E-state index in [0.29, 0.717) is 18.4 Å². The number of benzene rings is 1. The van der Waals surface area contributed by atoms with Gasteiger partial charge in [-0.3, -0.25) is 9.48 Å². The monoisotopic (exact) mass is 501 g/mol. The molecular formula is C22H21ClF5N5O. The van der Waals surface area contributed by atoms with E-state index >= 15 is 0 Å². The molecule has 1 amide bonds. The number of halogens is 6. The molecule has 0 saturated heterocycles. The fraction of sp³-hybridized carbons (Fsp3) is 0.409. The number of nitrogens with one attached hydrogen (secondary N) is 3. The van der Waals surface area contributed by atoms with E-state index in [9.17, 15) is 26.7 Å². The molecule has 1 aromatic heterocycles. The predicted octanol–water partition coefficient (Wildman–Crippen LogP) is 5.60. The Hall–Kier alpha value is -2.95. The Balaban J connectivity index is 1.67. The second-order valence-electron chi connectivity index (χ2n) is 8.41. The van der Waals surface area contributed by atoms with Crippen LogP contribution in [-0.2, 0) is 13.0 Å². The van der Waals surface area contributed by atoms with Crippen LogP contribution in [0.25, 0.3) is 5.57 Å². The summed E-state index contributed by atoms with van der Waals surface area (Å²) >= 11 is 6.15. The van der Waals surface area contributed by atoms with Gasteiger partial charge in [-0.05, 0) is 49.3 Å². The molecule has 2 aliphatic carbocycles. The average Bonchev–Trinajstić information content (AvgIpc) is 3.69. The molecule has 6 nitrogen and oxygen atoms in total. The second kappa shape index (κ2) is 8.68. The molecular weight excluding hydrogens is 481 g/mol. The molecule has 3 N–H and O–H groups in total. The first kappa shape index (κ1) is 24.2. The summed E-state index contributed by atoms with van der Waals surface area (Å²) < 4.78 is 68.3. The number of allylic oxidation sites excluding steroid dienone is 1. The number of nitrogens with zero attached hydrogens (tertiary/aromatic N) is 2. The van der Waals surface area contributed by atoms with Crippen molar-refractivity contribution in [3.05, 3.63) is 51.8 Å². The minimum atomic E-state index is -5.78. The second-order valence-corrected chi connectivity index (χ2v) is 8.82. The molecule has 0 spiro atoms. The highest BCUT2D eigenvalue weighted by atomic mass is 35.5. The molecule has 2 aromatic rings. The molecule has 4 rings (SSSR count). The summed E-state index contributed by atoms with van der Waals surface area (Å²) in [6.07, 6.45) is -0.782. The lowest BCUT2D eigenvalue weighted by Gasteiger charge is -2.19. The van der Waals surface area contributed by atoms with Crippen molar-refractivity contribution >= 4 is 35.1 Å². The Labute approximate surface area is 196 Å². The number of carbonyl (C=O) groups excluding carboxylic acids is 1. The highest BCUT2D eigenvalue weighted by molar-refractivity contribution is 6.34. The number of aromatic nitrogens is 2. The Morgan fingerprint density at radius 1 is 1.21 bits per heavy atom. The SMILES string of the molecule is Cn1nc(C(F)(F)C(F)(F)F)c(C2CC2)c1N/C=C(\C=N)c1ccc(Cl)c(C(=O)NC2CC2)c1. The van der Waals surface area contributed by atoms with Crippen LogP contribution < -0.4 is 10.6 Å². The van der Waals surface area contributed by atoms with Crippen LogP contribution in [0.4, 0.5) is 27.8 Å². The Bertz CT molecular complexity index is 1170. The number of hydrogen-bond donors (Lipinski definition) is 3. The minimum Gasteiger partial charge on any atom is -0.349 e. The molecule has 0 unspecified atom stereocenters. The van der Waals surface area contributed by atoms with Crippen LogP contribution in [0.1, 0.15) is 58.8 Å². The lowest BCUT2D eigenvalue weighted by atomic mass is 10.0. The van der Waals surface area contributed by atoms with E-state index in [1.165, 1.54) is 25.4 Å². The lowest BCUT2D eigenvalue weighted by Crippen LogP contribution is -2.35. The molecule has 1 heterocycles. The van der Waals surface area contributed by atoms with Gasteiger partial charge >= 0.3 is 12.1 Å². The lowest BCUT2D eigenvalue weighted by molar-refractivity contribution is -0.291. The third kappa shape index (κ3) is 4.66. The first-order chi connectivity index (χ1) is 15.9. The summed E-state index contributed by atoms with van der Waals surface area (Å²) in [6.45, 7) is 0. The molecule has 2 fully saturated rings. The van der Waals surface area contributed by atoms with Gasteiger partial charge in [0.2, 0.25) is 0 Å². The maximum atomic E-state index is 14.2. The van der Waals surface area contributed by atoms with Gasteiger partial charge in [-0.15, -0.1) is 0 Å². The Morgan fingerprint density at radius 3 is 2.44 bits per heavy atom. The molecule has 12 heteroatoms. The average molecular weight is 502 g/mol. The summed E-state index contributed by atoms with van der Waals surface area (Å²) in [5.74, 6) is -5.93. The van der Waals surface area contributed by atoms with Gasteiger partial charge < -0.3 is 16.0 Å². The quantitative estimate of drug-likeness (QED) is 0.325. The smallest absolute Gasteiger partial charge is 0.349 e. The molecule has 2 aliphatic rings. The molecule has 0 bridgehead atoms. The predicted molar refractivity (Wildman–Crippen MR) is 117 cm³/mol. The Morgan fingerprint density at radius 2 is 1.88 bits per heavy atom. The van der Waals surface area contributed by atoms with E-state index in [4.69, 9.17) is 17.0 Å². The van der Waals surface area contributed by atoms with Crippen LogP contribution in [-0.4, -0.2) is 34.1 Å². The van der Waals surface area contributed by atoms with Crippen molar-refractivity contribution in [2.75, 3.05) is 5.32 Å². The highest BCUT2D eigenvalue weighted by Crippen LogP contribution is 2.52. The fourth-order valence-corrected chi connectivity index (χ4v) is 3.76. The largest absolute Gasteiger partial charge is 0.459 e. The zero-order valence-corrected chi connectivity index (χ0v) is 18.7. The van der Waals surface area contributed by atoms with Gasteiger partial charge in [-0.1, -0.05) is 17.7 Å². The van der Waals surface area contributed by atoms with Gasteiger partial charge in [0, 0.05) is 36.6 Å². The zero-order valence-electron chi connectivity index (χ0n) is 17.9. The molecule has 1 aromatic carbocycles. The molecule has 2 saturated carbocycles. The summed E-state index contributed by atoms with van der Waals surface area (Å²) in [5, 5.41) is 17.1. The van der Waals surface area contributed by atoms with Crippen molar-refractivity contribution in [2.45, 2.75) is 49.7 Å². The summed E-state index contributed by atoms with van der Waals surface area (Å²) in [7, 11) is 1.27. The number of anilines is 1. The summed E-state index contributed by atoms with van der Waals surface area (Å²) in [4.78, 5) is 12.4. The van der Waals surface area contributed by atoms with E-state index in [1.54, 1.807) is 6.07 Å². The third-order valence-electron chi connectivity index (χ3n) is 5.70. The fourth-order valence-electron chi connectivity index (χ4n) is 3.56. The van der Waals surface area contributed by atoms with Crippen LogP contribution in [0, 0.1) is 5.41 Å². The minimum absolute atomic E-state index is 0.0126. The highest BCUT2D eigenvalue weighted by Gasteiger charge is 2.62. The first-order valence-corrected chi connectivity index (χ1v) is 10.9. The van der Waals surface area contributed by atoms with Crippen LogP contribution in [0.15, 0.2) is 24.4 Å². The zero-order chi connectivity index (χ0) is 24.8. The van der Waals surface area contributed by atoms with Gasteiger partial charge in [-0.2, -0.15) is 27.1 Å². The molecule has 0 atom stereocenters. The van der Waals surface area contributed by atoms with Crippen molar-refractivity contribution in [1.82, 2.24) is 15.1 Å². The van der Waals surface area contributed by atoms with Crippen molar-refractivity contribution in [3.8, 4) is 0 Å². The van der Waals surface area contributed by atoms with Crippen molar-refractivity contribution in [1.29, 1.82) is 5.41 Å². The molecule has 34 heavy (non-hydrogen) atoms. The van der Waals surface area contributed by atoms with Crippen LogP contribution in [0.3, 0.4) is 0 Å². The number of aryl methyl sites for hydroxylation is 1. The third-order valence-corrected chi connectivity index (χ3v) is 6.03. The van der Waals surface area contributed by atoms with E-state index in [-0.39, 0.29) is 39.5 Å². The van der Waals surface area contributed by atoms with Gasteiger partial charge in [-0.25, -0.2) is 0 Å². The van der Waals surface area contributed by atoms with Crippen LogP contribution in [0.2, 0.25) is 5.02 Å². The van der Waals surface area contributed by atoms with Gasteiger partial charge in [0.1, 0.15) is 11.5 Å². The van der Waals surface area contributed by atoms with Gasteiger partial charge in [0.05, 0.1) is 10.6 Å². The van der Waals surface area contributed by atoms with Crippen LogP contribution >= 0.6 is 11.6 Å². The number of rotatable bonds is 8. The number of hydrogen-bond acceptors (Lipinski definition) is 4. The van der Waals surface area contributed by atoms with Gasteiger partial charge in [0.25, 0.3) is 5.91 Å². The Kier molecular flexibility index (Phi) is 6.17. The topological polar surface area (TPSA) is 82.8 Å². The number of amides is 1. The van der Waals surface area contributed by atoms with Crippen molar-refractivity contribution in [2.24, 2.45) is 7.05 Å². The van der Waals surface area contributed by atoms with E-state index in [0.717, 1.165) is 23.7 Å². The number of alkyl halides is 5. The molecule has 0 radical (unpaired) electrons.